The fourth-order valence-corrected chi connectivity index (χ4v) is 2.93. The van der Waals surface area contributed by atoms with Crippen molar-refractivity contribution >= 4 is 0 Å². The zero-order chi connectivity index (χ0) is 16.0. The number of rotatable bonds is 7. The van der Waals surface area contributed by atoms with Crippen LogP contribution in [0.1, 0.15) is 56.7 Å². The minimum atomic E-state index is 0.0962. The summed E-state index contributed by atoms with van der Waals surface area (Å²) in [6.45, 7) is 6.81. The van der Waals surface area contributed by atoms with Crippen LogP contribution in [0.5, 0.6) is 5.75 Å². The fourth-order valence-electron chi connectivity index (χ4n) is 2.93. The molecule has 0 aliphatic heterocycles. The zero-order valence-corrected chi connectivity index (χ0v) is 14.1. The molecule has 2 aromatic rings. The van der Waals surface area contributed by atoms with Crippen molar-refractivity contribution in [1.29, 1.82) is 0 Å². The summed E-state index contributed by atoms with van der Waals surface area (Å²) < 4.78 is 0. The third kappa shape index (κ3) is 4.62. The van der Waals surface area contributed by atoms with Crippen molar-refractivity contribution < 1.29 is 5.11 Å². The van der Waals surface area contributed by atoms with Gasteiger partial charge in [0.05, 0.1) is 0 Å². The standard InChI is InChI=1S/C21H28O/c1-4-5-6-7-17-8-12-19(13-9-17)21(2,3)16-18-10-14-20(22)15-11-18/h8-15,22H,4-7,16H2,1-3H3. The van der Waals surface area contributed by atoms with E-state index in [0.29, 0.717) is 5.75 Å². The maximum atomic E-state index is 9.39. The summed E-state index contributed by atoms with van der Waals surface area (Å²) in [6, 6.07) is 16.7. The average Bonchev–Trinajstić information content (AvgIpc) is 2.50. The third-order valence-electron chi connectivity index (χ3n) is 4.39. The van der Waals surface area contributed by atoms with Crippen molar-refractivity contribution in [2.45, 2.75) is 58.3 Å². The van der Waals surface area contributed by atoms with E-state index >= 15 is 0 Å². The smallest absolute Gasteiger partial charge is 0.115 e. The van der Waals surface area contributed by atoms with Gasteiger partial charge in [-0.3, -0.25) is 0 Å². The number of aryl methyl sites for hydroxylation is 1. The Balaban J connectivity index is 2.03. The quantitative estimate of drug-likeness (QED) is 0.655. The molecule has 0 aliphatic rings. The molecule has 0 radical (unpaired) electrons. The minimum absolute atomic E-state index is 0.0962. The van der Waals surface area contributed by atoms with E-state index in [1.54, 1.807) is 12.1 Å². The molecule has 0 bridgehead atoms. The van der Waals surface area contributed by atoms with Crippen LogP contribution in [0, 0.1) is 0 Å². The van der Waals surface area contributed by atoms with E-state index in [9.17, 15) is 5.11 Å². The van der Waals surface area contributed by atoms with Gasteiger partial charge in [-0.15, -0.1) is 0 Å². The molecule has 1 N–H and O–H groups in total. The summed E-state index contributed by atoms with van der Waals surface area (Å²) in [5.74, 6) is 0.331. The Morgan fingerprint density at radius 2 is 1.41 bits per heavy atom. The maximum absolute atomic E-state index is 9.39. The van der Waals surface area contributed by atoms with Gasteiger partial charge in [0.15, 0.2) is 0 Å². The Kier molecular flexibility index (Phi) is 5.65. The van der Waals surface area contributed by atoms with E-state index in [1.807, 2.05) is 12.1 Å². The molecule has 1 nitrogen and oxygen atoms in total. The summed E-state index contributed by atoms with van der Waals surface area (Å²) in [5.41, 5.74) is 4.17. The van der Waals surface area contributed by atoms with Gasteiger partial charge in [-0.05, 0) is 53.5 Å². The minimum Gasteiger partial charge on any atom is -0.508 e. The van der Waals surface area contributed by atoms with E-state index in [2.05, 4.69) is 45.0 Å². The Morgan fingerprint density at radius 3 is 2.00 bits per heavy atom. The highest BCUT2D eigenvalue weighted by molar-refractivity contribution is 5.32. The zero-order valence-electron chi connectivity index (χ0n) is 14.1. The highest BCUT2D eigenvalue weighted by Gasteiger charge is 2.21. The molecule has 118 valence electrons. The van der Waals surface area contributed by atoms with Crippen LogP contribution in [0.25, 0.3) is 0 Å². The molecule has 0 saturated carbocycles. The van der Waals surface area contributed by atoms with Gasteiger partial charge < -0.3 is 5.11 Å². The van der Waals surface area contributed by atoms with Crippen molar-refractivity contribution in [2.24, 2.45) is 0 Å². The van der Waals surface area contributed by atoms with Crippen LogP contribution in [0.3, 0.4) is 0 Å². The van der Waals surface area contributed by atoms with Gasteiger partial charge >= 0.3 is 0 Å². The van der Waals surface area contributed by atoms with E-state index in [0.717, 1.165) is 6.42 Å². The topological polar surface area (TPSA) is 20.2 Å². The number of benzene rings is 2. The molecule has 2 rings (SSSR count). The lowest BCUT2D eigenvalue weighted by Gasteiger charge is -2.26. The van der Waals surface area contributed by atoms with Crippen LogP contribution >= 0.6 is 0 Å². The van der Waals surface area contributed by atoms with Crippen LogP contribution in [0.2, 0.25) is 0 Å². The molecule has 0 fully saturated rings. The first kappa shape index (κ1) is 16.6. The number of unbranched alkanes of at least 4 members (excludes halogenated alkanes) is 2. The highest BCUT2D eigenvalue weighted by Crippen LogP contribution is 2.28. The maximum Gasteiger partial charge on any atom is 0.115 e. The molecule has 22 heavy (non-hydrogen) atoms. The van der Waals surface area contributed by atoms with Crippen LogP contribution in [0.4, 0.5) is 0 Å². The number of hydrogen-bond donors (Lipinski definition) is 1. The molecule has 2 aromatic carbocycles. The first-order valence-electron chi connectivity index (χ1n) is 8.38. The fraction of sp³-hybridized carbons (Fsp3) is 0.429. The number of hydrogen-bond acceptors (Lipinski definition) is 1. The second-order valence-corrected chi connectivity index (χ2v) is 6.88. The Labute approximate surface area is 135 Å². The summed E-state index contributed by atoms with van der Waals surface area (Å²) in [7, 11) is 0. The molecule has 0 atom stereocenters. The van der Waals surface area contributed by atoms with E-state index < -0.39 is 0 Å². The molecule has 0 amide bonds. The normalized spacial score (nSPS) is 11.6. The first-order chi connectivity index (χ1) is 10.5. The van der Waals surface area contributed by atoms with Crippen LogP contribution in [0.15, 0.2) is 48.5 Å². The van der Waals surface area contributed by atoms with Crippen molar-refractivity contribution in [3.05, 3.63) is 65.2 Å². The van der Waals surface area contributed by atoms with Gasteiger partial charge in [0.25, 0.3) is 0 Å². The predicted molar refractivity (Wildman–Crippen MR) is 94.5 cm³/mol. The summed E-state index contributed by atoms with van der Waals surface area (Å²) in [4.78, 5) is 0. The second-order valence-electron chi connectivity index (χ2n) is 6.88. The summed E-state index contributed by atoms with van der Waals surface area (Å²) >= 11 is 0. The number of aromatic hydroxyl groups is 1. The largest absolute Gasteiger partial charge is 0.508 e. The van der Waals surface area contributed by atoms with Crippen molar-refractivity contribution in [3.63, 3.8) is 0 Å². The number of phenolic OH excluding ortho intramolecular Hbond substituents is 1. The molecule has 0 unspecified atom stereocenters. The molecule has 0 aromatic heterocycles. The Bertz CT molecular complexity index is 564. The molecule has 0 aliphatic carbocycles. The molecule has 0 spiro atoms. The predicted octanol–water partition coefficient (Wildman–Crippen LogP) is 5.65. The lowest BCUT2D eigenvalue weighted by Crippen LogP contribution is -2.20. The van der Waals surface area contributed by atoms with Crippen molar-refractivity contribution in [1.82, 2.24) is 0 Å². The van der Waals surface area contributed by atoms with Gasteiger partial charge in [-0.1, -0.05) is 70.0 Å². The third-order valence-corrected chi connectivity index (χ3v) is 4.39. The molecule has 1 heteroatoms. The van der Waals surface area contributed by atoms with Crippen LogP contribution in [-0.4, -0.2) is 5.11 Å². The molecular formula is C21H28O. The molecule has 0 heterocycles. The second kappa shape index (κ2) is 7.49. The van der Waals surface area contributed by atoms with Gasteiger partial charge in [-0.25, -0.2) is 0 Å². The van der Waals surface area contributed by atoms with E-state index in [4.69, 9.17) is 0 Å². The summed E-state index contributed by atoms with van der Waals surface area (Å²) in [6.07, 6.45) is 6.04. The number of phenols is 1. The Hall–Kier alpha value is -1.76. The molecular weight excluding hydrogens is 268 g/mol. The SMILES string of the molecule is CCCCCc1ccc(C(C)(C)Cc2ccc(O)cc2)cc1. The van der Waals surface area contributed by atoms with Crippen LogP contribution in [-0.2, 0) is 18.3 Å². The lowest BCUT2D eigenvalue weighted by atomic mass is 9.79. The van der Waals surface area contributed by atoms with Crippen LogP contribution < -0.4 is 0 Å². The first-order valence-corrected chi connectivity index (χ1v) is 8.38. The van der Waals surface area contributed by atoms with E-state index in [1.165, 1.54) is 42.4 Å². The van der Waals surface area contributed by atoms with Gasteiger partial charge in [0.1, 0.15) is 5.75 Å². The lowest BCUT2D eigenvalue weighted by molar-refractivity contribution is 0.474. The Morgan fingerprint density at radius 1 is 0.818 bits per heavy atom. The molecule has 0 saturated heterocycles. The van der Waals surface area contributed by atoms with Crippen molar-refractivity contribution in [2.75, 3.05) is 0 Å². The monoisotopic (exact) mass is 296 g/mol. The van der Waals surface area contributed by atoms with Crippen molar-refractivity contribution in [3.8, 4) is 5.75 Å². The highest BCUT2D eigenvalue weighted by atomic mass is 16.3. The van der Waals surface area contributed by atoms with Gasteiger partial charge in [0, 0.05) is 0 Å². The van der Waals surface area contributed by atoms with E-state index in [-0.39, 0.29) is 5.41 Å². The van der Waals surface area contributed by atoms with Gasteiger partial charge in [-0.2, -0.15) is 0 Å². The summed E-state index contributed by atoms with van der Waals surface area (Å²) in [5, 5.41) is 9.39. The average molecular weight is 296 g/mol. The van der Waals surface area contributed by atoms with Gasteiger partial charge in [0.2, 0.25) is 0 Å².